The lowest BCUT2D eigenvalue weighted by molar-refractivity contribution is 0.340. The molecule has 0 aliphatic rings. The number of ether oxygens (including phenoxy) is 1. The molecule has 0 unspecified atom stereocenters. The Kier molecular flexibility index (Phi) is 6.03. The molecule has 1 aromatic heterocycles. The molecule has 0 N–H and O–H groups in total. The molecule has 0 radical (unpaired) electrons. The zero-order chi connectivity index (χ0) is 14.6. The van der Waals surface area contributed by atoms with Crippen molar-refractivity contribution >= 4 is 24.2 Å². The highest BCUT2D eigenvalue weighted by Gasteiger charge is 2.19. The van der Waals surface area contributed by atoms with Crippen molar-refractivity contribution in [1.82, 2.24) is 9.55 Å². The molecule has 2 rings (SSSR count). The number of aromatic nitrogens is 2. The van der Waals surface area contributed by atoms with Gasteiger partial charge in [0.05, 0.1) is 12.9 Å². The van der Waals surface area contributed by atoms with Crippen LogP contribution in [0, 0.1) is 5.41 Å². The van der Waals surface area contributed by atoms with Gasteiger partial charge in [0.25, 0.3) is 0 Å². The number of halogens is 1. The van der Waals surface area contributed by atoms with Crippen LogP contribution in [0.15, 0.2) is 43.0 Å². The molecule has 4 heteroatoms. The van der Waals surface area contributed by atoms with Gasteiger partial charge in [-0.25, -0.2) is 4.98 Å². The minimum absolute atomic E-state index is 0. The van der Waals surface area contributed by atoms with E-state index >= 15 is 0 Å². The fraction of sp³-hybridized carbons (Fsp3) is 0.353. The Hall–Kier alpha value is -1.74. The predicted octanol–water partition coefficient (Wildman–Crippen LogP) is 4.75. The van der Waals surface area contributed by atoms with Gasteiger partial charge in [0, 0.05) is 18.6 Å². The molecule has 2 aromatic rings. The molecule has 0 amide bonds. The Morgan fingerprint density at radius 2 is 1.90 bits per heavy atom. The summed E-state index contributed by atoms with van der Waals surface area (Å²) in [6.07, 6.45) is 7.66. The van der Waals surface area contributed by atoms with Gasteiger partial charge in [0.1, 0.15) is 5.75 Å². The first-order valence-corrected chi connectivity index (χ1v) is 6.93. The lowest BCUT2D eigenvalue weighted by Gasteiger charge is -2.24. The first kappa shape index (κ1) is 17.3. The molecule has 0 aliphatic heterocycles. The zero-order valence-electron chi connectivity index (χ0n) is 13.0. The average Bonchev–Trinajstić information content (AvgIpc) is 2.89. The first-order chi connectivity index (χ1) is 9.50. The van der Waals surface area contributed by atoms with Crippen molar-refractivity contribution < 1.29 is 4.74 Å². The summed E-state index contributed by atoms with van der Waals surface area (Å²) in [5.74, 6) is 0.909. The first-order valence-electron chi connectivity index (χ1n) is 6.93. The fourth-order valence-electron chi connectivity index (χ4n) is 2.09. The van der Waals surface area contributed by atoms with Gasteiger partial charge >= 0.3 is 0 Å². The standard InChI is InChI=1S/C17H22N2O.ClH/c1-5-20-15-8-6-14(7-9-15)16(17(2,3)4)12-19-11-10-18-13-19;/h6-13H,5H2,1-4H3;1H. The number of imidazole rings is 1. The highest BCUT2D eigenvalue weighted by molar-refractivity contribution is 5.85. The predicted molar refractivity (Wildman–Crippen MR) is 90.7 cm³/mol. The van der Waals surface area contributed by atoms with E-state index in [2.05, 4.69) is 44.1 Å². The zero-order valence-corrected chi connectivity index (χ0v) is 13.9. The number of allylic oxidation sites excluding steroid dienone is 1. The van der Waals surface area contributed by atoms with Crippen molar-refractivity contribution in [3.63, 3.8) is 0 Å². The minimum Gasteiger partial charge on any atom is -0.494 e. The molecule has 3 nitrogen and oxygen atoms in total. The maximum Gasteiger partial charge on any atom is 0.119 e. The van der Waals surface area contributed by atoms with E-state index in [0.29, 0.717) is 6.61 Å². The van der Waals surface area contributed by atoms with Gasteiger partial charge in [-0.2, -0.15) is 0 Å². The summed E-state index contributed by atoms with van der Waals surface area (Å²) in [6.45, 7) is 9.33. The van der Waals surface area contributed by atoms with Crippen molar-refractivity contribution in [3.05, 3.63) is 48.5 Å². The van der Waals surface area contributed by atoms with E-state index in [1.54, 1.807) is 12.5 Å². The van der Waals surface area contributed by atoms with E-state index in [0.717, 1.165) is 5.75 Å². The summed E-state index contributed by atoms with van der Waals surface area (Å²) >= 11 is 0. The van der Waals surface area contributed by atoms with Crippen molar-refractivity contribution in [1.29, 1.82) is 0 Å². The molecule has 0 aliphatic carbocycles. The van der Waals surface area contributed by atoms with Gasteiger partial charge < -0.3 is 9.30 Å². The van der Waals surface area contributed by atoms with Gasteiger partial charge in [0.15, 0.2) is 0 Å². The Labute approximate surface area is 133 Å². The van der Waals surface area contributed by atoms with E-state index < -0.39 is 0 Å². The molecule has 114 valence electrons. The van der Waals surface area contributed by atoms with Crippen LogP contribution in [-0.4, -0.2) is 16.2 Å². The molecule has 0 atom stereocenters. The van der Waals surface area contributed by atoms with Crippen molar-refractivity contribution in [2.24, 2.45) is 5.41 Å². The minimum atomic E-state index is 0. The average molecular weight is 307 g/mol. The summed E-state index contributed by atoms with van der Waals surface area (Å²) in [6, 6.07) is 8.26. The summed E-state index contributed by atoms with van der Waals surface area (Å²) in [5, 5.41) is 0. The van der Waals surface area contributed by atoms with Crippen LogP contribution < -0.4 is 4.74 Å². The van der Waals surface area contributed by atoms with Crippen LogP contribution in [0.3, 0.4) is 0 Å². The van der Waals surface area contributed by atoms with E-state index in [1.165, 1.54) is 11.1 Å². The molecule has 0 saturated carbocycles. The van der Waals surface area contributed by atoms with Crippen molar-refractivity contribution in [3.8, 4) is 5.75 Å². The molecular weight excluding hydrogens is 284 g/mol. The van der Waals surface area contributed by atoms with Crippen molar-refractivity contribution in [2.45, 2.75) is 27.7 Å². The molecule has 1 aromatic carbocycles. The molecule has 0 bridgehead atoms. The van der Waals surface area contributed by atoms with Crippen LogP contribution in [0.1, 0.15) is 33.3 Å². The van der Waals surface area contributed by atoms with Crippen LogP contribution in [0.5, 0.6) is 5.75 Å². The Bertz CT molecular complexity index is 566. The van der Waals surface area contributed by atoms with Crippen LogP contribution in [0.2, 0.25) is 0 Å². The van der Waals surface area contributed by atoms with E-state index in [1.807, 2.05) is 29.8 Å². The molecule has 21 heavy (non-hydrogen) atoms. The highest BCUT2D eigenvalue weighted by atomic mass is 35.5. The molecule has 0 fully saturated rings. The summed E-state index contributed by atoms with van der Waals surface area (Å²) in [5.41, 5.74) is 2.52. The van der Waals surface area contributed by atoms with Crippen LogP contribution in [0.4, 0.5) is 0 Å². The smallest absolute Gasteiger partial charge is 0.119 e. The third-order valence-electron chi connectivity index (χ3n) is 3.09. The quantitative estimate of drug-likeness (QED) is 0.815. The number of benzene rings is 1. The largest absolute Gasteiger partial charge is 0.494 e. The van der Waals surface area contributed by atoms with Gasteiger partial charge in [-0.15, -0.1) is 12.4 Å². The Morgan fingerprint density at radius 3 is 2.38 bits per heavy atom. The van der Waals surface area contributed by atoms with Crippen molar-refractivity contribution in [2.75, 3.05) is 6.61 Å². The fourth-order valence-corrected chi connectivity index (χ4v) is 2.09. The van der Waals surface area contributed by atoms with Crippen LogP contribution >= 0.6 is 12.4 Å². The third-order valence-corrected chi connectivity index (χ3v) is 3.09. The molecule has 1 heterocycles. The number of nitrogens with zero attached hydrogens (tertiary/aromatic N) is 2. The monoisotopic (exact) mass is 306 g/mol. The second kappa shape index (κ2) is 7.32. The molecule has 0 saturated heterocycles. The number of hydrogen-bond donors (Lipinski definition) is 0. The third kappa shape index (κ3) is 4.64. The van der Waals surface area contributed by atoms with Gasteiger partial charge in [-0.05, 0) is 35.6 Å². The van der Waals surface area contributed by atoms with Gasteiger partial charge in [-0.3, -0.25) is 0 Å². The summed E-state index contributed by atoms with van der Waals surface area (Å²) in [4.78, 5) is 4.09. The lowest BCUT2D eigenvalue weighted by atomic mass is 9.82. The SMILES string of the molecule is CCOc1ccc(C(=Cn2ccnc2)C(C)(C)C)cc1.Cl. The summed E-state index contributed by atoms with van der Waals surface area (Å²) < 4.78 is 7.48. The van der Waals surface area contributed by atoms with Crippen LogP contribution in [0.25, 0.3) is 11.8 Å². The Morgan fingerprint density at radius 1 is 1.24 bits per heavy atom. The Balaban J connectivity index is 0.00000220. The molecule has 0 spiro atoms. The second-order valence-electron chi connectivity index (χ2n) is 5.76. The van der Waals surface area contributed by atoms with E-state index in [4.69, 9.17) is 4.74 Å². The van der Waals surface area contributed by atoms with Gasteiger partial charge in [-0.1, -0.05) is 32.9 Å². The number of rotatable bonds is 4. The topological polar surface area (TPSA) is 27.1 Å². The second-order valence-corrected chi connectivity index (χ2v) is 5.76. The highest BCUT2D eigenvalue weighted by Crippen LogP contribution is 2.35. The molecular formula is C17H23ClN2O. The number of hydrogen-bond acceptors (Lipinski definition) is 2. The van der Waals surface area contributed by atoms with E-state index in [-0.39, 0.29) is 17.8 Å². The van der Waals surface area contributed by atoms with Crippen LogP contribution in [-0.2, 0) is 0 Å². The maximum atomic E-state index is 5.50. The lowest BCUT2D eigenvalue weighted by Crippen LogP contribution is -2.09. The normalized spacial score (nSPS) is 11.9. The maximum absolute atomic E-state index is 5.50. The van der Waals surface area contributed by atoms with E-state index in [9.17, 15) is 0 Å². The summed E-state index contributed by atoms with van der Waals surface area (Å²) in [7, 11) is 0. The van der Waals surface area contributed by atoms with Gasteiger partial charge in [0.2, 0.25) is 0 Å².